The minimum Gasteiger partial charge on any atom is -0.455 e. The van der Waals surface area contributed by atoms with E-state index in [0.717, 1.165) is 76.7 Å². The van der Waals surface area contributed by atoms with Crippen LogP contribution in [0.4, 0.5) is 0 Å². The molecule has 0 unspecified atom stereocenters. The van der Waals surface area contributed by atoms with Gasteiger partial charge in [-0.05, 0) is 64.7 Å². The molecule has 0 aliphatic heterocycles. The number of hydrogen-bond donors (Lipinski definition) is 0. The van der Waals surface area contributed by atoms with Crippen molar-refractivity contribution in [3.8, 4) is 56.2 Å². The maximum absolute atomic E-state index is 6.39. The van der Waals surface area contributed by atoms with Crippen molar-refractivity contribution in [3.05, 3.63) is 150 Å². The maximum atomic E-state index is 6.39. The van der Waals surface area contributed by atoms with Crippen LogP contribution >= 0.6 is 15.9 Å². The molecule has 0 aliphatic rings. The van der Waals surface area contributed by atoms with Gasteiger partial charge in [-0.15, -0.1) is 0 Å². The Balaban J connectivity index is 1.28. The van der Waals surface area contributed by atoms with Crippen molar-refractivity contribution >= 4 is 37.9 Å². The third kappa shape index (κ3) is 4.87. The van der Waals surface area contributed by atoms with Gasteiger partial charge in [0.1, 0.15) is 11.2 Å². The van der Waals surface area contributed by atoms with E-state index in [0.29, 0.717) is 5.82 Å². The van der Waals surface area contributed by atoms with Crippen LogP contribution in [0.5, 0.6) is 0 Å². The summed E-state index contributed by atoms with van der Waals surface area (Å²) in [4.78, 5) is 14.4. The summed E-state index contributed by atoms with van der Waals surface area (Å²) in [5, 5.41) is 2.16. The van der Waals surface area contributed by atoms with Crippen molar-refractivity contribution in [1.29, 1.82) is 0 Å². The molecule has 3 heterocycles. The average molecular weight is 631 g/mol. The topological polar surface area (TPSA) is 51.8 Å². The van der Waals surface area contributed by atoms with Gasteiger partial charge in [0.15, 0.2) is 5.82 Å². The quantitative estimate of drug-likeness (QED) is 0.190. The van der Waals surface area contributed by atoms with Gasteiger partial charge in [0.05, 0.1) is 11.4 Å². The zero-order valence-electron chi connectivity index (χ0n) is 23.5. The molecule has 3 aromatic heterocycles. The highest BCUT2D eigenvalue weighted by Gasteiger charge is 2.17. The second-order valence-corrected chi connectivity index (χ2v) is 11.6. The number of para-hydroxylation sites is 2. The molecule has 0 aliphatic carbocycles. The lowest BCUT2D eigenvalue weighted by Gasteiger charge is -2.12. The van der Waals surface area contributed by atoms with Crippen molar-refractivity contribution in [2.45, 2.75) is 0 Å². The molecule has 0 amide bonds. The summed E-state index contributed by atoms with van der Waals surface area (Å²) < 4.78 is 7.37. The molecular formula is C39H24BrN3O. The molecule has 4 nitrogen and oxygen atoms in total. The number of halogens is 1. The van der Waals surface area contributed by atoms with Crippen LogP contribution in [0.15, 0.2) is 155 Å². The Kier molecular flexibility index (Phi) is 6.58. The molecule has 0 spiro atoms. The van der Waals surface area contributed by atoms with Gasteiger partial charge in [0.2, 0.25) is 0 Å². The molecule has 8 aromatic rings. The largest absolute Gasteiger partial charge is 0.455 e. The average Bonchev–Trinajstić information content (AvgIpc) is 3.48. The number of aromatic nitrogens is 3. The summed E-state index contributed by atoms with van der Waals surface area (Å²) in [6, 6.07) is 45.6. The van der Waals surface area contributed by atoms with E-state index >= 15 is 0 Å². The zero-order valence-corrected chi connectivity index (χ0v) is 25.1. The van der Waals surface area contributed by atoms with Gasteiger partial charge in [-0.3, -0.25) is 4.98 Å². The van der Waals surface area contributed by atoms with Crippen molar-refractivity contribution in [3.63, 3.8) is 0 Å². The smallest absolute Gasteiger partial charge is 0.160 e. The molecule has 0 bridgehead atoms. The summed E-state index contributed by atoms with van der Waals surface area (Å²) in [6.45, 7) is 0. The van der Waals surface area contributed by atoms with Gasteiger partial charge in [-0.2, -0.15) is 0 Å². The van der Waals surface area contributed by atoms with Crippen LogP contribution in [0.3, 0.4) is 0 Å². The Bertz CT molecular complexity index is 2280. The molecule has 0 saturated heterocycles. The van der Waals surface area contributed by atoms with Crippen LogP contribution < -0.4 is 0 Å². The normalized spacial score (nSPS) is 11.3. The molecule has 208 valence electrons. The van der Waals surface area contributed by atoms with E-state index in [-0.39, 0.29) is 0 Å². The first-order valence-corrected chi connectivity index (χ1v) is 15.2. The van der Waals surface area contributed by atoms with Crippen LogP contribution in [0.25, 0.3) is 78.1 Å². The molecule has 0 atom stereocenters. The molecule has 8 rings (SSSR count). The lowest BCUT2D eigenvalue weighted by Crippen LogP contribution is -1.96. The number of rotatable bonds is 5. The van der Waals surface area contributed by atoms with E-state index in [9.17, 15) is 0 Å². The monoisotopic (exact) mass is 629 g/mol. The highest BCUT2D eigenvalue weighted by atomic mass is 79.9. The lowest BCUT2D eigenvalue weighted by atomic mass is 9.98. The van der Waals surface area contributed by atoms with Crippen LogP contribution in [0.1, 0.15) is 0 Å². The van der Waals surface area contributed by atoms with Crippen LogP contribution in [0.2, 0.25) is 0 Å². The Hall–Kier alpha value is -5.39. The van der Waals surface area contributed by atoms with Gasteiger partial charge in [0, 0.05) is 44.3 Å². The summed E-state index contributed by atoms with van der Waals surface area (Å²) in [7, 11) is 0. The van der Waals surface area contributed by atoms with Crippen molar-refractivity contribution in [1.82, 2.24) is 15.0 Å². The first kappa shape index (κ1) is 26.3. The summed E-state index contributed by atoms with van der Waals surface area (Å²) in [6.07, 6.45) is 3.68. The molecule has 5 heteroatoms. The highest BCUT2D eigenvalue weighted by molar-refractivity contribution is 9.10. The molecular weight excluding hydrogens is 606 g/mol. The molecule has 5 aromatic carbocycles. The van der Waals surface area contributed by atoms with E-state index in [2.05, 4.69) is 99.8 Å². The summed E-state index contributed by atoms with van der Waals surface area (Å²) >= 11 is 3.77. The Morgan fingerprint density at radius 2 is 1.20 bits per heavy atom. The van der Waals surface area contributed by atoms with E-state index in [1.165, 1.54) is 0 Å². The fraction of sp³-hybridized carbons (Fsp3) is 0. The number of benzene rings is 5. The third-order valence-corrected chi connectivity index (χ3v) is 8.30. The van der Waals surface area contributed by atoms with Gasteiger partial charge in [0.25, 0.3) is 0 Å². The Morgan fingerprint density at radius 3 is 2.02 bits per heavy atom. The fourth-order valence-electron chi connectivity index (χ4n) is 5.69. The third-order valence-electron chi connectivity index (χ3n) is 7.85. The minimum atomic E-state index is 0.661. The highest BCUT2D eigenvalue weighted by Crippen LogP contribution is 2.38. The molecule has 44 heavy (non-hydrogen) atoms. The predicted octanol–water partition coefficient (Wildman–Crippen LogP) is 10.9. The molecule has 0 N–H and O–H groups in total. The second-order valence-electron chi connectivity index (χ2n) is 10.7. The maximum Gasteiger partial charge on any atom is 0.160 e. The Labute approximate surface area is 262 Å². The minimum absolute atomic E-state index is 0.661. The van der Waals surface area contributed by atoms with E-state index in [4.69, 9.17) is 14.4 Å². The van der Waals surface area contributed by atoms with Gasteiger partial charge in [-0.25, -0.2) is 9.97 Å². The van der Waals surface area contributed by atoms with Gasteiger partial charge in [-0.1, -0.05) is 107 Å². The van der Waals surface area contributed by atoms with Gasteiger partial charge >= 0.3 is 0 Å². The SMILES string of the molecule is Brc1cc(-c2ccc(-c3cccnc3)cc2)cc(-c2cc(-c3cccc4c3oc3ccccc34)nc(-c3ccccc3)n2)c1. The molecule has 0 fully saturated rings. The van der Waals surface area contributed by atoms with Crippen molar-refractivity contribution in [2.75, 3.05) is 0 Å². The van der Waals surface area contributed by atoms with Crippen LogP contribution in [0, 0.1) is 0 Å². The van der Waals surface area contributed by atoms with Crippen molar-refractivity contribution in [2.24, 2.45) is 0 Å². The van der Waals surface area contributed by atoms with Crippen molar-refractivity contribution < 1.29 is 4.42 Å². The number of fused-ring (bicyclic) bond motifs is 3. The summed E-state index contributed by atoms with van der Waals surface area (Å²) in [5.41, 5.74) is 10.6. The Morgan fingerprint density at radius 1 is 0.500 bits per heavy atom. The van der Waals surface area contributed by atoms with Gasteiger partial charge < -0.3 is 4.42 Å². The number of pyridine rings is 1. The van der Waals surface area contributed by atoms with E-state index in [1.54, 1.807) is 6.20 Å². The second kappa shape index (κ2) is 11.0. The van der Waals surface area contributed by atoms with E-state index in [1.807, 2.05) is 60.8 Å². The number of nitrogens with zero attached hydrogens (tertiary/aromatic N) is 3. The first-order valence-electron chi connectivity index (χ1n) is 14.4. The van der Waals surface area contributed by atoms with E-state index < -0.39 is 0 Å². The molecule has 0 radical (unpaired) electrons. The predicted molar refractivity (Wildman–Crippen MR) is 182 cm³/mol. The summed E-state index contributed by atoms with van der Waals surface area (Å²) in [5.74, 6) is 0.661. The van der Waals surface area contributed by atoms with Crippen LogP contribution in [-0.4, -0.2) is 15.0 Å². The lowest BCUT2D eigenvalue weighted by molar-refractivity contribution is 0.670. The molecule has 0 saturated carbocycles. The number of furan rings is 1. The first-order chi connectivity index (χ1) is 21.7. The number of hydrogen-bond acceptors (Lipinski definition) is 4. The zero-order chi connectivity index (χ0) is 29.5. The fourth-order valence-corrected chi connectivity index (χ4v) is 6.18. The van der Waals surface area contributed by atoms with Crippen LogP contribution in [-0.2, 0) is 0 Å². The standard InChI is InChI=1S/C39H24BrN3O/c40-31-21-29(26-17-15-25(16-18-26)28-10-7-19-41-24-28)20-30(22-31)35-23-36(43-39(42-35)27-8-2-1-3-9-27)34-13-6-12-33-32-11-4-5-14-37(32)44-38(33)34/h1-24H.